The minimum Gasteiger partial charge on any atom is -0.480 e. The summed E-state index contributed by atoms with van der Waals surface area (Å²) in [6, 6.07) is -3.88. The number of nitrogens with zero attached hydrogens (tertiary/aromatic N) is 1. The molecular weight excluding hydrogens is 474 g/mol. The monoisotopic (exact) mass is 513 g/mol. The smallest absolute Gasteiger partial charge is 0.326 e. The molecular formula is C22H39N7O5S. The first kappa shape index (κ1) is 30.4. The number of imidazole rings is 1. The summed E-state index contributed by atoms with van der Waals surface area (Å²) < 4.78 is 0. The molecule has 12 nitrogen and oxygen atoms in total. The average molecular weight is 514 g/mol. The van der Waals surface area contributed by atoms with E-state index in [4.69, 9.17) is 11.5 Å². The van der Waals surface area contributed by atoms with Crippen LogP contribution in [0.5, 0.6) is 0 Å². The van der Waals surface area contributed by atoms with Crippen molar-refractivity contribution in [1.29, 1.82) is 0 Å². The second kappa shape index (κ2) is 16.1. The molecule has 0 saturated heterocycles. The van der Waals surface area contributed by atoms with E-state index in [-0.39, 0.29) is 12.3 Å². The minimum atomic E-state index is -1.21. The Hall–Kier alpha value is -2.64. The molecule has 0 spiro atoms. The fourth-order valence-corrected chi connectivity index (χ4v) is 3.77. The molecule has 1 heterocycles. The van der Waals surface area contributed by atoms with Crippen LogP contribution in [0.3, 0.4) is 0 Å². The number of amides is 3. The lowest BCUT2D eigenvalue weighted by Crippen LogP contribution is -2.58. The molecule has 1 aromatic rings. The molecule has 0 saturated carbocycles. The summed E-state index contributed by atoms with van der Waals surface area (Å²) in [6.07, 6.45) is 6.86. The van der Waals surface area contributed by atoms with Crippen molar-refractivity contribution in [2.75, 3.05) is 18.6 Å². The predicted octanol–water partition coefficient (Wildman–Crippen LogP) is -0.643. The minimum absolute atomic E-state index is 0.00550. The van der Waals surface area contributed by atoms with Gasteiger partial charge in [-0.15, -0.1) is 0 Å². The Balaban J connectivity index is 2.90. The van der Waals surface area contributed by atoms with Crippen LogP contribution < -0.4 is 27.4 Å². The SMILES string of the molecule is CSCCC(N)C(=O)NC(CCCCN)C(=O)NC(C(=O)NC(Cc1cnc[nH]1)C(=O)O)C(C)C. The van der Waals surface area contributed by atoms with Crippen LogP contribution in [0.1, 0.15) is 45.2 Å². The van der Waals surface area contributed by atoms with Crippen LogP contribution in [0, 0.1) is 5.92 Å². The number of aromatic nitrogens is 2. The first-order valence-electron chi connectivity index (χ1n) is 11.7. The number of thioether (sulfide) groups is 1. The number of carboxylic acid groups (broad SMARTS) is 1. The number of carboxylic acids is 1. The fourth-order valence-electron chi connectivity index (χ4n) is 3.28. The van der Waals surface area contributed by atoms with E-state index in [9.17, 15) is 24.3 Å². The van der Waals surface area contributed by atoms with Crippen LogP contribution in [0.15, 0.2) is 12.5 Å². The van der Waals surface area contributed by atoms with Crippen LogP contribution >= 0.6 is 11.8 Å². The number of unbranched alkanes of at least 4 members (excludes halogenated alkanes) is 1. The van der Waals surface area contributed by atoms with Gasteiger partial charge in [0.2, 0.25) is 17.7 Å². The van der Waals surface area contributed by atoms with Gasteiger partial charge in [-0.05, 0) is 50.2 Å². The highest BCUT2D eigenvalue weighted by molar-refractivity contribution is 7.98. The number of rotatable bonds is 17. The lowest BCUT2D eigenvalue weighted by molar-refractivity contribution is -0.142. The van der Waals surface area contributed by atoms with Crippen molar-refractivity contribution in [1.82, 2.24) is 25.9 Å². The number of nitrogens with one attached hydrogen (secondary N) is 4. The van der Waals surface area contributed by atoms with Gasteiger partial charge in [-0.25, -0.2) is 9.78 Å². The lowest BCUT2D eigenvalue weighted by Gasteiger charge is -2.27. The molecule has 0 aliphatic rings. The van der Waals surface area contributed by atoms with Gasteiger partial charge in [0, 0.05) is 18.3 Å². The highest BCUT2D eigenvalue weighted by Crippen LogP contribution is 2.08. The third kappa shape index (κ3) is 11.1. The molecule has 3 amide bonds. The molecule has 198 valence electrons. The summed E-state index contributed by atoms with van der Waals surface area (Å²) in [5.74, 6) is -2.47. The number of hydrogen-bond acceptors (Lipinski definition) is 8. The maximum Gasteiger partial charge on any atom is 0.326 e. The van der Waals surface area contributed by atoms with E-state index in [1.807, 2.05) is 6.26 Å². The molecule has 9 N–H and O–H groups in total. The Bertz CT molecular complexity index is 806. The van der Waals surface area contributed by atoms with Crippen molar-refractivity contribution in [3.8, 4) is 0 Å². The summed E-state index contributed by atoms with van der Waals surface area (Å²) in [5.41, 5.74) is 12.0. The van der Waals surface area contributed by atoms with Gasteiger partial charge < -0.3 is 37.5 Å². The summed E-state index contributed by atoms with van der Waals surface area (Å²) in [6.45, 7) is 3.91. The van der Waals surface area contributed by atoms with E-state index < -0.39 is 47.9 Å². The maximum absolute atomic E-state index is 13.1. The van der Waals surface area contributed by atoms with Gasteiger partial charge in [0.05, 0.1) is 12.4 Å². The molecule has 4 atom stereocenters. The molecule has 35 heavy (non-hydrogen) atoms. The second-order valence-corrected chi connectivity index (χ2v) is 9.63. The van der Waals surface area contributed by atoms with Gasteiger partial charge in [-0.1, -0.05) is 13.8 Å². The Morgan fingerprint density at radius 2 is 1.74 bits per heavy atom. The van der Waals surface area contributed by atoms with Crippen molar-refractivity contribution >= 4 is 35.5 Å². The van der Waals surface area contributed by atoms with E-state index in [1.165, 1.54) is 12.5 Å². The number of carbonyl (C=O) groups is 4. The van der Waals surface area contributed by atoms with Gasteiger partial charge in [-0.3, -0.25) is 14.4 Å². The average Bonchev–Trinajstić information content (AvgIpc) is 3.32. The van der Waals surface area contributed by atoms with Crippen LogP contribution in [0.25, 0.3) is 0 Å². The van der Waals surface area contributed by atoms with Crippen LogP contribution in [-0.4, -0.2) is 81.5 Å². The zero-order valence-corrected chi connectivity index (χ0v) is 21.4. The quantitative estimate of drug-likeness (QED) is 0.132. The molecule has 1 aromatic heterocycles. The van der Waals surface area contributed by atoms with Gasteiger partial charge in [0.1, 0.15) is 18.1 Å². The fraction of sp³-hybridized carbons (Fsp3) is 0.682. The number of H-pyrrole nitrogens is 1. The summed E-state index contributed by atoms with van der Waals surface area (Å²) >= 11 is 1.57. The second-order valence-electron chi connectivity index (χ2n) is 8.64. The van der Waals surface area contributed by atoms with Gasteiger partial charge in [-0.2, -0.15) is 11.8 Å². The van der Waals surface area contributed by atoms with E-state index in [2.05, 4.69) is 25.9 Å². The number of aromatic amines is 1. The van der Waals surface area contributed by atoms with Crippen molar-refractivity contribution in [3.63, 3.8) is 0 Å². The molecule has 4 unspecified atom stereocenters. The third-order valence-corrected chi connectivity index (χ3v) is 6.03. The summed E-state index contributed by atoms with van der Waals surface area (Å²) in [5, 5.41) is 17.4. The zero-order chi connectivity index (χ0) is 26.4. The topological polar surface area (TPSA) is 205 Å². The molecule has 0 aliphatic carbocycles. The number of carbonyl (C=O) groups excluding carboxylic acids is 3. The molecule has 1 rings (SSSR count). The van der Waals surface area contributed by atoms with Crippen molar-refractivity contribution in [2.24, 2.45) is 17.4 Å². The Morgan fingerprint density at radius 1 is 1.06 bits per heavy atom. The Labute approximate surface area is 210 Å². The van der Waals surface area contributed by atoms with Crippen LogP contribution in [-0.2, 0) is 25.6 Å². The number of nitrogens with two attached hydrogens (primary N) is 2. The first-order valence-corrected chi connectivity index (χ1v) is 13.1. The van der Waals surface area contributed by atoms with Gasteiger partial charge in [0.15, 0.2) is 0 Å². The van der Waals surface area contributed by atoms with Crippen molar-refractivity contribution < 1.29 is 24.3 Å². The van der Waals surface area contributed by atoms with Crippen molar-refractivity contribution in [2.45, 2.75) is 70.1 Å². The van der Waals surface area contributed by atoms with E-state index in [1.54, 1.807) is 25.6 Å². The van der Waals surface area contributed by atoms with Crippen molar-refractivity contribution in [3.05, 3.63) is 18.2 Å². The van der Waals surface area contributed by atoms with E-state index in [0.29, 0.717) is 43.7 Å². The van der Waals surface area contributed by atoms with Gasteiger partial charge in [0.25, 0.3) is 0 Å². The molecule has 0 aromatic carbocycles. The molecule has 0 fully saturated rings. The molecule has 0 bridgehead atoms. The first-order chi connectivity index (χ1) is 16.6. The zero-order valence-electron chi connectivity index (χ0n) is 20.6. The predicted molar refractivity (Wildman–Crippen MR) is 134 cm³/mol. The molecule has 13 heteroatoms. The van der Waals surface area contributed by atoms with Gasteiger partial charge >= 0.3 is 5.97 Å². The molecule has 0 radical (unpaired) electrons. The highest BCUT2D eigenvalue weighted by atomic mass is 32.2. The summed E-state index contributed by atoms with van der Waals surface area (Å²) in [4.78, 5) is 56.9. The third-order valence-electron chi connectivity index (χ3n) is 5.39. The largest absolute Gasteiger partial charge is 0.480 e. The lowest BCUT2D eigenvalue weighted by atomic mass is 10.0. The standard InChI is InChI=1S/C22H39N7O5S/c1-13(2)18(21(32)28-17(22(33)34)10-14-11-25-12-26-14)29-20(31)16(6-4-5-8-23)27-19(30)15(24)7-9-35-3/h11-13,15-18H,4-10,23-24H2,1-3H3,(H,25,26)(H,27,30)(H,28,32)(H,29,31)(H,33,34). The normalized spacial score (nSPS) is 14.6. The van der Waals surface area contributed by atoms with E-state index >= 15 is 0 Å². The summed E-state index contributed by atoms with van der Waals surface area (Å²) in [7, 11) is 0. The number of aliphatic carboxylic acids is 1. The van der Waals surface area contributed by atoms with Crippen LogP contribution in [0.4, 0.5) is 0 Å². The maximum atomic E-state index is 13.1. The molecule has 0 aliphatic heterocycles. The Morgan fingerprint density at radius 3 is 2.29 bits per heavy atom. The number of hydrogen-bond donors (Lipinski definition) is 7. The van der Waals surface area contributed by atoms with E-state index in [0.717, 1.165) is 0 Å². The highest BCUT2D eigenvalue weighted by Gasteiger charge is 2.32. The van der Waals surface area contributed by atoms with Crippen LogP contribution in [0.2, 0.25) is 0 Å². The Kier molecular flexibility index (Phi) is 14.0.